The number of nitro groups is 1. The molecule has 0 aliphatic carbocycles. The number of aromatic nitrogens is 2. The second kappa shape index (κ2) is 7.54. The van der Waals surface area contributed by atoms with Crippen LogP contribution in [0, 0.1) is 10.1 Å². The van der Waals surface area contributed by atoms with E-state index in [-0.39, 0.29) is 10.6 Å². The molecule has 3 aromatic rings. The van der Waals surface area contributed by atoms with Gasteiger partial charge in [0.15, 0.2) is 0 Å². The van der Waals surface area contributed by atoms with E-state index in [1.54, 1.807) is 0 Å². The Morgan fingerprint density at radius 1 is 1.03 bits per heavy atom. The van der Waals surface area contributed by atoms with Crippen molar-refractivity contribution < 1.29 is 13.3 Å². The van der Waals surface area contributed by atoms with Crippen molar-refractivity contribution in [1.82, 2.24) is 18.8 Å². The second-order valence-electron chi connectivity index (χ2n) is 7.01. The summed E-state index contributed by atoms with van der Waals surface area (Å²) in [5.74, 6) is 0.942. The number of fused-ring (bicyclic) bond motifs is 1. The molecule has 4 rings (SSSR count). The van der Waals surface area contributed by atoms with Gasteiger partial charge in [-0.1, -0.05) is 12.1 Å². The van der Waals surface area contributed by atoms with Crippen LogP contribution in [-0.2, 0) is 23.6 Å². The largest absolute Gasteiger partial charge is 0.330 e. The van der Waals surface area contributed by atoms with E-state index < -0.39 is 14.9 Å². The highest BCUT2D eigenvalue weighted by molar-refractivity contribution is 7.89. The van der Waals surface area contributed by atoms with Gasteiger partial charge in [-0.25, -0.2) is 13.4 Å². The standard InChI is InChI=1S/C19H21N5O4S/c1-21-18-5-3-2-4-17(18)20-19(21)14-22-10-12-23(13-11-22)29(27,28)16-8-6-15(7-9-16)24(25)26/h2-9H,10-14H2,1H3. The maximum atomic E-state index is 12.8. The minimum Gasteiger partial charge on any atom is -0.330 e. The minimum atomic E-state index is -3.67. The molecule has 0 amide bonds. The highest BCUT2D eigenvalue weighted by atomic mass is 32.2. The summed E-state index contributed by atoms with van der Waals surface area (Å²) in [5, 5.41) is 10.8. The van der Waals surface area contributed by atoms with Gasteiger partial charge in [-0.2, -0.15) is 4.31 Å². The third kappa shape index (κ3) is 3.74. The summed E-state index contributed by atoms with van der Waals surface area (Å²) in [6.45, 7) is 2.56. The molecule has 1 aliphatic heterocycles. The lowest BCUT2D eigenvalue weighted by molar-refractivity contribution is -0.384. The zero-order chi connectivity index (χ0) is 20.6. The number of nitrogens with zero attached hydrogens (tertiary/aromatic N) is 5. The predicted octanol–water partition coefficient (Wildman–Crippen LogP) is 1.99. The molecular weight excluding hydrogens is 394 g/mol. The second-order valence-corrected chi connectivity index (χ2v) is 8.94. The minimum absolute atomic E-state index is 0.0758. The van der Waals surface area contributed by atoms with Crippen molar-refractivity contribution in [1.29, 1.82) is 0 Å². The van der Waals surface area contributed by atoms with Crippen molar-refractivity contribution >= 4 is 26.7 Å². The van der Waals surface area contributed by atoms with Crippen LogP contribution >= 0.6 is 0 Å². The lowest BCUT2D eigenvalue weighted by Crippen LogP contribution is -2.48. The van der Waals surface area contributed by atoms with Crippen LogP contribution in [0.5, 0.6) is 0 Å². The number of imidazole rings is 1. The fraction of sp³-hybridized carbons (Fsp3) is 0.316. The number of para-hydroxylation sites is 2. The summed E-state index contributed by atoms with van der Waals surface area (Å²) >= 11 is 0. The van der Waals surface area contributed by atoms with E-state index in [9.17, 15) is 18.5 Å². The van der Waals surface area contributed by atoms with E-state index in [0.717, 1.165) is 16.9 Å². The van der Waals surface area contributed by atoms with E-state index in [4.69, 9.17) is 0 Å². The molecular formula is C19H21N5O4S. The molecule has 0 bridgehead atoms. The molecule has 152 valence electrons. The van der Waals surface area contributed by atoms with Crippen molar-refractivity contribution in [2.75, 3.05) is 26.2 Å². The Bertz CT molecular complexity index is 1150. The average molecular weight is 415 g/mol. The average Bonchev–Trinajstić information content (AvgIpc) is 3.04. The number of piperazine rings is 1. The Balaban J connectivity index is 1.43. The van der Waals surface area contributed by atoms with Gasteiger partial charge in [0.05, 0.1) is 27.4 Å². The van der Waals surface area contributed by atoms with Gasteiger partial charge in [0.1, 0.15) is 5.82 Å². The molecule has 2 heterocycles. The van der Waals surface area contributed by atoms with Crippen LogP contribution in [-0.4, -0.2) is 58.3 Å². The van der Waals surface area contributed by atoms with Gasteiger partial charge in [0.2, 0.25) is 10.0 Å². The molecule has 0 radical (unpaired) electrons. The molecule has 9 nitrogen and oxygen atoms in total. The predicted molar refractivity (Wildman–Crippen MR) is 108 cm³/mol. The molecule has 0 saturated carbocycles. The molecule has 1 fully saturated rings. The number of hydrogen-bond donors (Lipinski definition) is 0. The van der Waals surface area contributed by atoms with Crippen molar-refractivity contribution in [3.05, 3.63) is 64.5 Å². The molecule has 1 aliphatic rings. The first-order chi connectivity index (χ1) is 13.9. The molecule has 0 N–H and O–H groups in total. The number of hydrogen-bond acceptors (Lipinski definition) is 6. The van der Waals surface area contributed by atoms with Gasteiger partial charge in [-0.05, 0) is 24.3 Å². The lowest BCUT2D eigenvalue weighted by atomic mass is 10.3. The van der Waals surface area contributed by atoms with Crippen LogP contribution in [0.3, 0.4) is 0 Å². The molecule has 0 unspecified atom stereocenters. The Morgan fingerprint density at radius 2 is 1.69 bits per heavy atom. The van der Waals surface area contributed by atoms with Gasteiger partial charge >= 0.3 is 0 Å². The van der Waals surface area contributed by atoms with Crippen LogP contribution in [0.15, 0.2) is 53.4 Å². The Labute approximate surface area is 168 Å². The number of non-ortho nitro benzene ring substituents is 1. The number of nitro benzene ring substituents is 1. The van der Waals surface area contributed by atoms with Crippen LogP contribution in [0.4, 0.5) is 5.69 Å². The summed E-state index contributed by atoms with van der Waals surface area (Å²) < 4.78 is 29.1. The number of sulfonamides is 1. The van der Waals surface area contributed by atoms with Gasteiger partial charge in [0, 0.05) is 45.4 Å². The summed E-state index contributed by atoms with van der Waals surface area (Å²) in [4.78, 5) is 17.2. The molecule has 0 spiro atoms. The van der Waals surface area contributed by atoms with Crippen LogP contribution in [0.25, 0.3) is 11.0 Å². The Morgan fingerprint density at radius 3 is 2.31 bits per heavy atom. The zero-order valence-corrected chi connectivity index (χ0v) is 16.7. The molecule has 0 atom stereocenters. The molecule has 1 aromatic heterocycles. The Hall–Kier alpha value is -2.82. The highest BCUT2D eigenvalue weighted by Gasteiger charge is 2.29. The summed E-state index contributed by atoms with van der Waals surface area (Å²) in [5.41, 5.74) is 1.89. The first-order valence-corrected chi connectivity index (χ1v) is 10.7. The van der Waals surface area contributed by atoms with E-state index in [2.05, 4.69) is 14.5 Å². The normalized spacial score (nSPS) is 16.3. The topological polar surface area (TPSA) is 102 Å². The third-order valence-corrected chi connectivity index (χ3v) is 7.17. The lowest BCUT2D eigenvalue weighted by Gasteiger charge is -2.33. The number of benzene rings is 2. The summed E-state index contributed by atoms with van der Waals surface area (Å²) in [6, 6.07) is 13.0. The number of aryl methyl sites for hydroxylation is 1. The summed E-state index contributed by atoms with van der Waals surface area (Å²) in [6.07, 6.45) is 0. The molecule has 1 saturated heterocycles. The van der Waals surface area contributed by atoms with E-state index in [1.807, 2.05) is 31.3 Å². The first-order valence-electron chi connectivity index (χ1n) is 9.23. The molecule has 2 aromatic carbocycles. The fourth-order valence-electron chi connectivity index (χ4n) is 3.55. The SMILES string of the molecule is Cn1c(CN2CCN(S(=O)(=O)c3ccc([N+](=O)[O-])cc3)CC2)nc2ccccc21. The van der Waals surface area contributed by atoms with Gasteiger partial charge in [-0.15, -0.1) is 0 Å². The monoisotopic (exact) mass is 415 g/mol. The zero-order valence-electron chi connectivity index (χ0n) is 15.9. The van der Waals surface area contributed by atoms with Crippen molar-refractivity contribution in [2.24, 2.45) is 7.05 Å². The van der Waals surface area contributed by atoms with Crippen molar-refractivity contribution in [3.63, 3.8) is 0 Å². The summed E-state index contributed by atoms with van der Waals surface area (Å²) in [7, 11) is -1.68. The Kier molecular flexibility index (Phi) is 5.07. The maximum absolute atomic E-state index is 12.8. The quantitative estimate of drug-likeness (QED) is 0.467. The fourth-order valence-corrected chi connectivity index (χ4v) is 4.98. The van der Waals surface area contributed by atoms with E-state index in [1.165, 1.54) is 28.6 Å². The maximum Gasteiger partial charge on any atom is 0.269 e. The van der Waals surface area contributed by atoms with Gasteiger partial charge in [-0.3, -0.25) is 15.0 Å². The van der Waals surface area contributed by atoms with Gasteiger partial charge < -0.3 is 4.57 Å². The van der Waals surface area contributed by atoms with Crippen molar-refractivity contribution in [2.45, 2.75) is 11.4 Å². The van der Waals surface area contributed by atoms with Gasteiger partial charge in [0.25, 0.3) is 5.69 Å². The van der Waals surface area contributed by atoms with Crippen LogP contribution in [0.1, 0.15) is 5.82 Å². The molecule has 10 heteroatoms. The number of rotatable bonds is 5. The first kappa shape index (κ1) is 19.5. The van der Waals surface area contributed by atoms with Crippen LogP contribution < -0.4 is 0 Å². The van der Waals surface area contributed by atoms with E-state index in [0.29, 0.717) is 32.7 Å². The molecule has 29 heavy (non-hydrogen) atoms. The van der Waals surface area contributed by atoms with Crippen molar-refractivity contribution in [3.8, 4) is 0 Å². The van der Waals surface area contributed by atoms with E-state index >= 15 is 0 Å². The smallest absolute Gasteiger partial charge is 0.269 e. The van der Waals surface area contributed by atoms with Crippen LogP contribution in [0.2, 0.25) is 0 Å². The third-order valence-electron chi connectivity index (χ3n) is 5.26. The highest BCUT2D eigenvalue weighted by Crippen LogP contribution is 2.22.